The predicted molar refractivity (Wildman–Crippen MR) is 80.6 cm³/mol. The van der Waals surface area contributed by atoms with Gasteiger partial charge in [-0.1, -0.05) is 6.07 Å². The summed E-state index contributed by atoms with van der Waals surface area (Å²) in [4.78, 5) is 4.31. The molecule has 1 heterocycles. The third-order valence-corrected chi connectivity index (χ3v) is 3.04. The van der Waals surface area contributed by atoms with E-state index >= 15 is 0 Å². The molecule has 0 bridgehead atoms. The van der Waals surface area contributed by atoms with Crippen molar-refractivity contribution < 1.29 is 0 Å². The number of nitrogens with one attached hydrogen (secondary N) is 1. The van der Waals surface area contributed by atoms with Gasteiger partial charge in [-0.2, -0.15) is 5.26 Å². The summed E-state index contributed by atoms with van der Waals surface area (Å²) in [5.41, 5.74) is 9.72. The molecule has 2 aromatic carbocycles. The zero-order valence-corrected chi connectivity index (χ0v) is 10.7. The molecule has 0 aliphatic rings. The van der Waals surface area contributed by atoms with Crippen molar-refractivity contribution in [2.45, 2.75) is 0 Å². The maximum atomic E-state index is 8.93. The molecule has 1 aromatic heterocycles. The maximum absolute atomic E-state index is 8.93. The SMILES string of the molecule is N#Cc1cccc(Nc2ccnc3cc(N)ccc23)c1. The van der Waals surface area contributed by atoms with Gasteiger partial charge in [-0.15, -0.1) is 0 Å². The largest absolute Gasteiger partial charge is 0.399 e. The van der Waals surface area contributed by atoms with Crippen LogP contribution in [0.2, 0.25) is 0 Å². The van der Waals surface area contributed by atoms with Gasteiger partial charge in [0.25, 0.3) is 0 Å². The highest BCUT2D eigenvalue weighted by atomic mass is 14.9. The van der Waals surface area contributed by atoms with E-state index in [1.807, 2.05) is 42.5 Å². The van der Waals surface area contributed by atoms with Crippen LogP contribution >= 0.6 is 0 Å². The zero-order chi connectivity index (χ0) is 13.9. The fraction of sp³-hybridized carbons (Fsp3) is 0. The van der Waals surface area contributed by atoms with Crippen molar-refractivity contribution in [3.63, 3.8) is 0 Å². The van der Waals surface area contributed by atoms with Crippen molar-refractivity contribution in [3.05, 3.63) is 60.3 Å². The topological polar surface area (TPSA) is 74.7 Å². The zero-order valence-electron chi connectivity index (χ0n) is 10.7. The molecule has 0 saturated heterocycles. The average molecular weight is 260 g/mol. The number of hydrogen-bond acceptors (Lipinski definition) is 4. The lowest BCUT2D eigenvalue weighted by molar-refractivity contribution is 1.40. The number of anilines is 3. The molecule has 3 rings (SSSR count). The summed E-state index contributed by atoms with van der Waals surface area (Å²) in [5.74, 6) is 0. The Hall–Kier alpha value is -3.06. The molecule has 3 aromatic rings. The van der Waals surface area contributed by atoms with E-state index in [0.29, 0.717) is 11.3 Å². The molecule has 0 unspecified atom stereocenters. The predicted octanol–water partition coefficient (Wildman–Crippen LogP) is 3.43. The molecule has 0 atom stereocenters. The Kier molecular flexibility index (Phi) is 2.94. The molecule has 0 spiro atoms. The molecular weight excluding hydrogens is 248 g/mol. The highest BCUT2D eigenvalue weighted by Gasteiger charge is 2.03. The number of nitriles is 1. The van der Waals surface area contributed by atoms with Crippen LogP contribution in [0.4, 0.5) is 17.1 Å². The van der Waals surface area contributed by atoms with Gasteiger partial charge < -0.3 is 11.1 Å². The quantitative estimate of drug-likeness (QED) is 0.692. The van der Waals surface area contributed by atoms with Crippen molar-refractivity contribution >= 4 is 28.0 Å². The molecule has 0 radical (unpaired) electrons. The smallest absolute Gasteiger partial charge is 0.0992 e. The van der Waals surface area contributed by atoms with E-state index in [9.17, 15) is 0 Å². The Morgan fingerprint density at radius 1 is 1.10 bits per heavy atom. The lowest BCUT2D eigenvalue weighted by Crippen LogP contribution is -1.94. The van der Waals surface area contributed by atoms with Crippen LogP contribution in [-0.2, 0) is 0 Å². The summed E-state index contributed by atoms with van der Waals surface area (Å²) in [7, 11) is 0. The van der Waals surface area contributed by atoms with Crippen LogP contribution < -0.4 is 11.1 Å². The Labute approximate surface area is 116 Å². The second-order valence-corrected chi connectivity index (χ2v) is 4.45. The summed E-state index contributed by atoms with van der Waals surface area (Å²) in [6.07, 6.45) is 1.73. The fourth-order valence-corrected chi connectivity index (χ4v) is 2.10. The monoisotopic (exact) mass is 260 g/mol. The number of benzene rings is 2. The third-order valence-electron chi connectivity index (χ3n) is 3.04. The average Bonchev–Trinajstić information content (AvgIpc) is 2.47. The molecule has 0 aliphatic carbocycles. The molecular formula is C16H12N4. The number of aromatic nitrogens is 1. The number of hydrogen-bond donors (Lipinski definition) is 2. The van der Waals surface area contributed by atoms with E-state index in [0.717, 1.165) is 22.3 Å². The summed E-state index contributed by atoms with van der Waals surface area (Å²) in [6.45, 7) is 0. The first-order chi connectivity index (χ1) is 9.76. The normalized spacial score (nSPS) is 10.2. The Balaban J connectivity index is 2.04. The van der Waals surface area contributed by atoms with Crippen LogP contribution in [0.5, 0.6) is 0 Å². The standard InChI is InChI=1S/C16H12N4/c17-10-11-2-1-3-13(8-11)20-15-6-7-19-16-9-12(18)4-5-14(15)16/h1-9H,18H2,(H,19,20). The van der Waals surface area contributed by atoms with Gasteiger partial charge in [0.05, 0.1) is 17.1 Å². The van der Waals surface area contributed by atoms with Gasteiger partial charge in [-0.25, -0.2) is 0 Å². The number of nitrogens with two attached hydrogens (primary N) is 1. The number of nitrogen functional groups attached to an aromatic ring is 1. The number of pyridine rings is 1. The van der Waals surface area contributed by atoms with Crippen LogP contribution in [0, 0.1) is 11.3 Å². The van der Waals surface area contributed by atoms with Crippen molar-refractivity contribution in [1.82, 2.24) is 4.98 Å². The van der Waals surface area contributed by atoms with Crippen molar-refractivity contribution in [1.29, 1.82) is 5.26 Å². The van der Waals surface area contributed by atoms with Crippen molar-refractivity contribution in [3.8, 4) is 6.07 Å². The van der Waals surface area contributed by atoms with E-state index in [2.05, 4.69) is 16.4 Å². The van der Waals surface area contributed by atoms with Crippen LogP contribution in [0.3, 0.4) is 0 Å². The van der Waals surface area contributed by atoms with Gasteiger partial charge in [0.15, 0.2) is 0 Å². The summed E-state index contributed by atoms with van der Waals surface area (Å²) in [5, 5.41) is 13.2. The molecule has 0 saturated carbocycles. The first-order valence-electron chi connectivity index (χ1n) is 6.18. The van der Waals surface area contributed by atoms with E-state index < -0.39 is 0 Å². The lowest BCUT2D eigenvalue weighted by atomic mass is 10.1. The number of rotatable bonds is 2. The fourth-order valence-electron chi connectivity index (χ4n) is 2.10. The van der Waals surface area contributed by atoms with Gasteiger partial charge in [-0.3, -0.25) is 4.98 Å². The van der Waals surface area contributed by atoms with Gasteiger partial charge in [-0.05, 0) is 42.5 Å². The molecule has 0 aliphatic heterocycles. The molecule has 4 heteroatoms. The van der Waals surface area contributed by atoms with Gasteiger partial charge in [0.2, 0.25) is 0 Å². The maximum Gasteiger partial charge on any atom is 0.0992 e. The number of fused-ring (bicyclic) bond motifs is 1. The second kappa shape index (κ2) is 4.90. The van der Waals surface area contributed by atoms with Crippen LogP contribution in [0.1, 0.15) is 5.56 Å². The van der Waals surface area contributed by atoms with E-state index in [1.165, 1.54) is 0 Å². The number of nitrogens with zero attached hydrogens (tertiary/aromatic N) is 2. The highest BCUT2D eigenvalue weighted by Crippen LogP contribution is 2.26. The lowest BCUT2D eigenvalue weighted by Gasteiger charge is -2.10. The summed E-state index contributed by atoms with van der Waals surface area (Å²) in [6, 6.07) is 17.0. The molecule has 20 heavy (non-hydrogen) atoms. The minimum atomic E-state index is 0.623. The van der Waals surface area contributed by atoms with E-state index in [4.69, 9.17) is 11.0 Å². The van der Waals surface area contributed by atoms with E-state index in [1.54, 1.807) is 12.3 Å². The van der Waals surface area contributed by atoms with Gasteiger partial charge in [0, 0.05) is 28.6 Å². The van der Waals surface area contributed by atoms with Gasteiger partial charge >= 0.3 is 0 Å². The molecule has 3 N–H and O–H groups in total. The van der Waals surface area contributed by atoms with Crippen molar-refractivity contribution in [2.24, 2.45) is 0 Å². The molecule has 96 valence electrons. The molecule has 0 amide bonds. The first kappa shape index (κ1) is 12.0. The Morgan fingerprint density at radius 2 is 2.00 bits per heavy atom. The third kappa shape index (κ3) is 2.25. The van der Waals surface area contributed by atoms with Gasteiger partial charge in [0.1, 0.15) is 0 Å². The molecule has 0 fully saturated rings. The van der Waals surface area contributed by atoms with Crippen LogP contribution in [-0.4, -0.2) is 4.98 Å². The minimum Gasteiger partial charge on any atom is -0.399 e. The summed E-state index contributed by atoms with van der Waals surface area (Å²) >= 11 is 0. The van der Waals surface area contributed by atoms with Crippen LogP contribution in [0.15, 0.2) is 54.7 Å². The Bertz CT molecular complexity index is 818. The first-order valence-corrected chi connectivity index (χ1v) is 6.18. The van der Waals surface area contributed by atoms with Crippen molar-refractivity contribution in [2.75, 3.05) is 11.1 Å². The molecule has 4 nitrogen and oxygen atoms in total. The summed E-state index contributed by atoms with van der Waals surface area (Å²) < 4.78 is 0. The van der Waals surface area contributed by atoms with E-state index in [-0.39, 0.29) is 0 Å². The Morgan fingerprint density at radius 3 is 2.85 bits per heavy atom. The minimum absolute atomic E-state index is 0.623. The highest BCUT2D eigenvalue weighted by molar-refractivity contribution is 5.94. The second-order valence-electron chi connectivity index (χ2n) is 4.45. The van der Waals surface area contributed by atoms with Crippen LogP contribution in [0.25, 0.3) is 10.9 Å².